The Morgan fingerprint density at radius 3 is 2.96 bits per heavy atom. The van der Waals surface area contributed by atoms with Crippen molar-refractivity contribution in [1.29, 1.82) is 0 Å². The fraction of sp³-hybridized carbons (Fsp3) is 0.267. The minimum atomic E-state index is -0.276. The van der Waals surface area contributed by atoms with Gasteiger partial charge in [-0.15, -0.1) is 22.7 Å². The smallest absolute Gasteiger partial charge is 0.319 e. The van der Waals surface area contributed by atoms with Gasteiger partial charge in [-0.3, -0.25) is 14.2 Å². The maximum absolute atomic E-state index is 12.8. The molecule has 0 bridgehead atoms. The normalized spacial score (nSPS) is 17.8. The molecule has 1 aliphatic heterocycles. The van der Waals surface area contributed by atoms with E-state index in [1.807, 2.05) is 22.9 Å². The van der Waals surface area contributed by atoms with E-state index in [9.17, 15) is 9.59 Å². The molecule has 3 aromatic rings. The third-order valence-corrected chi connectivity index (χ3v) is 6.76. The highest BCUT2D eigenvalue weighted by molar-refractivity contribution is 8.00. The number of carbonyl (C=O) groups excluding carboxylic acids is 1. The van der Waals surface area contributed by atoms with Crippen molar-refractivity contribution >= 4 is 50.6 Å². The van der Waals surface area contributed by atoms with Crippen LogP contribution in [0.15, 0.2) is 32.8 Å². The summed E-state index contributed by atoms with van der Waals surface area (Å²) in [6.45, 7) is 0.439. The zero-order valence-electron chi connectivity index (χ0n) is 12.1. The van der Waals surface area contributed by atoms with Crippen molar-refractivity contribution in [2.45, 2.75) is 16.8 Å². The van der Waals surface area contributed by atoms with Crippen molar-refractivity contribution in [3.63, 3.8) is 0 Å². The molecule has 0 aliphatic carbocycles. The number of esters is 1. The van der Waals surface area contributed by atoms with Crippen LogP contribution in [0.2, 0.25) is 0 Å². The minimum absolute atomic E-state index is 0.0754. The highest BCUT2D eigenvalue weighted by Gasteiger charge is 2.29. The van der Waals surface area contributed by atoms with Gasteiger partial charge in [-0.05, 0) is 11.4 Å². The summed E-state index contributed by atoms with van der Waals surface area (Å²) in [6.07, 6.45) is 0.655. The average Bonchev–Trinajstić information content (AvgIpc) is 3.25. The summed E-state index contributed by atoms with van der Waals surface area (Å²) in [6, 6.07) is 3.97. The largest absolute Gasteiger partial charge is 0.465 e. The highest BCUT2D eigenvalue weighted by atomic mass is 32.2. The van der Waals surface area contributed by atoms with E-state index in [4.69, 9.17) is 4.74 Å². The number of nitrogens with zero attached hydrogens (tertiary/aromatic N) is 2. The molecule has 118 valence electrons. The lowest BCUT2D eigenvalue weighted by atomic mass is 10.2. The Morgan fingerprint density at radius 1 is 1.39 bits per heavy atom. The summed E-state index contributed by atoms with van der Waals surface area (Å²) < 4.78 is 6.51. The molecule has 0 radical (unpaired) electrons. The van der Waals surface area contributed by atoms with Crippen molar-refractivity contribution in [2.24, 2.45) is 7.05 Å². The Kier molecular flexibility index (Phi) is 3.74. The van der Waals surface area contributed by atoms with Crippen molar-refractivity contribution in [2.75, 3.05) is 6.61 Å². The fourth-order valence-electron chi connectivity index (χ4n) is 2.48. The maximum atomic E-state index is 12.8. The van der Waals surface area contributed by atoms with Gasteiger partial charge in [0.15, 0.2) is 5.16 Å². The molecule has 1 aliphatic rings. The first-order valence-electron chi connectivity index (χ1n) is 7.00. The summed E-state index contributed by atoms with van der Waals surface area (Å²) in [5.41, 5.74) is 0.860. The van der Waals surface area contributed by atoms with Gasteiger partial charge >= 0.3 is 5.97 Å². The fourth-order valence-corrected chi connectivity index (χ4v) is 5.31. The lowest BCUT2D eigenvalue weighted by molar-refractivity contribution is -0.137. The van der Waals surface area contributed by atoms with Crippen LogP contribution < -0.4 is 5.56 Å². The number of carbonyl (C=O) groups is 1. The minimum Gasteiger partial charge on any atom is -0.465 e. The van der Waals surface area contributed by atoms with E-state index in [1.165, 1.54) is 27.7 Å². The van der Waals surface area contributed by atoms with Crippen LogP contribution in [0.25, 0.3) is 20.7 Å². The number of rotatable bonds is 3. The topological polar surface area (TPSA) is 61.2 Å². The molecule has 1 atom stereocenters. The second kappa shape index (κ2) is 5.77. The van der Waals surface area contributed by atoms with Crippen LogP contribution in [-0.2, 0) is 16.6 Å². The van der Waals surface area contributed by atoms with E-state index in [1.54, 1.807) is 18.4 Å². The number of thiophene rings is 2. The first-order valence-corrected chi connectivity index (χ1v) is 9.64. The Hall–Kier alpha value is -1.64. The van der Waals surface area contributed by atoms with Gasteiger partial charge in [0, 0.05) is 29.3 Å². The molecule has 0 aromatic carbocycles. The van der Waals surface area contributed by atoms with E-state index < -0.39 is 0 Å². The van der Waals surface area contributed by atoms with Crippen molar-refractivity contribution in [3.8, 4) is 10.4 Å². The molecule has 5 nitrogen and oxygen atoms in total. The summed E-state index contributed by atoms with van der Waals surface area (Å²) in [5, 5.41) is 4.90. The quantitative estimate of drug-likeness (QED) is 0.528. The molecule has 0 saturated carbocycles. The molecule has 0 unspecified atom stereocenters. The van der Waals surface area contributed by atoms with Gasteiger partial charge in [0.05, 0.1) is 12.0 Å². The number of ether oxygens (including phenoxy) is 1. The van der Waals surface area contributed by atoms with Crippen LogP contribution in [0.5, 0.6) is 0 Å². The first-order chi connectivity index (χ1) is 11.1. The molecule has 1 saturated heterocycles. The van der Waals surface area contributed by atoms with Crippen LogP contribution in [-0.4, -0.2) is 27.4 Å². The standard InChI is InChI=1S/C15H12N2O3S3/c1-17-13(18)11-8(9-3-2-6-21-9)7-22-12(11)16-15(17)23-10-4-5-20-14(10)19/h2-3,6-7,10H,4-5H2,1H3/t10-/m1/s1. The molecule has 8 heteroatoms. The molecule has 23 heavy (non-hydrogen) atoms. The lowest BCUT2D eigenvalue weighted by Crippen LogP contribution is -2.21. The monoisotopic (exact) mass is 364 g/mol. The molecule has 0 spiro atoms. The summed E-state index contributed by atoms with van der Waals surface area (Å²) in [7, 11) is 1.70. The Morgan fingerprint density at radius 2 is 2.26 bits per heavy atom. The van der Waals surface area contributed by atoms with Crippen molar-refractivity contribution in [1.82, 2.24) is 9.55 Å². The van der Waals surface area contributed by atoms with Gasteiger partial charge in [-0.1, -0.05) is 17.8 Å². The second-order valence-electron chi connectivity index (χ2n) is 5.13. The number of aromatic nitrogens is 2. The summed E-state index contributed by atoms with van der Waals surface area (Å²) in [4.78, 5) is 30.8. The predicted octanol–water partition coefficient (Wildman–Crippen LogP) is 3.13. The number of hydrogen-bond donors (Lipinski definition) is 0. The van der Waals surface area contributed by atoms with Gasteiger partial charge in [0.25, 0.3) is 5.56 Å². The molecule has 0 amide bonds. The molecule has 0 N–H and O–H groups in total. The van der Waals surface area contributed by atoms with Crippen LogP contribution in [0.4, 0.5) is 0 Å². The molecule has 4 rings (SSSR count). The lowest BCUT2D eigenvalue weighted by Gasteiger charge is -2.09. The maximum Gasteiger partial charge on any atom is 0.319 e. The van der Waals surface area contributed by atoms with E-state index in [2.05, 4.69) is 4.98 Å². The number of thioether (sulfide) groups is 1. The molecular formula is C15H12N2O3S3. The van der Waals surface area contributed by atoms with Gasteiger partial charge in [0.1, 0.15) is 10.1 Å². The van der Waals surface area contributed by atoms with E-state index in [0.29, 0.717) is 28.4 Å². The molecule has 1 fully saturated rings. The van der Waals surface area contributed by atoms with Gasteiger partial charge in [0.2, 0.25) is 0 Å². The van der Waals surface area contributed by atoms with Crippen LogP contribution in [0, 0.1) is 0 Å². The van der Waals surface area contributed by atoms with Crippen LogP contribution in [0.1, 0.15) is 6.42 Å². The number of hydrogen-bond acceptors (Lipinski definition) is 7. The van der Waals surface area contributed by atoms with E-state index >= 15 is 0 Å². The zero-order valence-corrected chi connectivity index (χ0v) is 14.6. The van der Waals surface area contributed by atoms with E-state index in [0.717, 1.165) is 10.4 Å². The van der Waals surface area contributed by atoms with Crippen LogP contribution in [0.3, 0.4) is 0 Å². The van der Waals surface area contributed by atoms with Gasteiger partial charge in [-0.2, -0.15) is 0 Å². The van der Waals surface area contributed by atoms with E-state index in [-0.39, 0.29) is 16.8 Å². The predicted molar refractivity (Wildman–Crippen MR) is 93.4 cm³/mol. The summed E-state index contributed by atoms with van der Waals surface area (Å²) >= 11 is 4.37. The summed E-state index contributed by atoms with van der Waals surface area (Å²) in [5.74, 6) is -0.227. The molecule has 3 aromatic heterocycles. The first kappa shape index (κ1) is 14.9. The SMILES string of the molecule is Cn1c(S[C@@H]2CCOC2=O)nc2scc(-c3cccs3)c2c1=O. The zero-order chi connectivity index (χ0) is 16.0. The molecular weight excluding hydrogens is 352 g/mol. The Balaban J connectivity index is 1.82. The third-order valence-electron chi connectivity index (χ3n) is 3.70. The number of cyclic esters (lactones) is 1. The van der Waals surface area contributed by atoms with Crippen LogP contribution >= 0.6 is 34.4 Å². The van der Waals surface area contributed by atoms with Crippen molar-refractivity contribution in [3.05, 3.63) is 33.2 Å². The average molecular weight is 364 g/mol. The van der Waals surface area contributed by atoms with Crippen molar-refractivity contribution < 1.29 is 9.53 Å². The second-order valence-corrected chi connectivity index (χ2v) is 8.10. The van der Waals surface area contributed by atoms with Gasteiger partial charge < -0.3 is 4.74 Å². The Labute approximate surface area is 143 Å². The molecule has 4 heterocycles. The number of fused-ring (bicyclic) bond motifs is 1. The Bertz CT molecular complexity index is 943. The van der Waals surface area contributed by atoms with Gasteiger partial charge in [-0.25, -0.2) is 4.98 Å². The highest BCUT2D eigenvalue weighted by Crippen LogP contribution is 2.35. The third kappa shape index (κ3) is 2.50.